The van der Waals surface area contributed by atoms with Gasteiger partial charge in [-0.3, -0.25) is 0 Å². The van der Waals surface area contributed by atoms with Crippen molar-refractivity contribution in [3.63, 3.8) is 0 Å². The summed E-state index contributed by atoms with van der Waals surface area (Å²) in [4.78, 5) is 11.3. The number of rotatable bonds is 6. The fourth-order valence-electron chi connectivity index (χ4n) is 2.53. The Morgan fingerprint density at radius 2 is 1.96 bits per heavy atom. The van der Waals surface area contributed by atoms with Crippen LogP contribution in [0.1, 0.15) is 6.42 Å². The van der Waals surface area contributed by atoms with Crippen molar-refractivity contribution in [3.8, 4) is 5.88 Å². The van der Waals surface area contributed by atoms with Crippen molar-refractivity contribution in [1.29, 1.82) is 0 Å². The Morgan fingerprint density at radius 3 is 2.71 bits per heavy atom. The zero-order chi connectivity index (χ0) is 16.1. The van der Waals surface area contributed by atoms with Crippen LogP contribution in [0.3, 0.4) is 0 Å². The van der Waals surface area contributed by atoms with E-state index < -0.39 is 6.10 Å². The number of benzene rings is 1. The summed E-state index contributed by atoms with van der Waals surface area (Å²) in [6.45, 7) is 3.58. The van der Waals surface area contributed by atoms with E-state index >= 15 is 0 Å². The monoisotopic (exact) mass is 354 g/mol. The van der Waals surface area contributed by atoms with E-state index in [1.807, 2.05) is 24.3 Å². The van der Waals surface area contributed by atoms with Crippen LogP contribution >= 0.6 is 12.4 Å². The molecule has 3 N–H and O–H groups in total. The Morgan fingerprint density at radius 1 is 1.21 bits per heavy atom. The maximum atomic E-state index is 9.43. The van der Waals surface area contributed by atoms with Gasteiger partial charge in [0.1, 0.15) is 0 Å². The normalized spacial score (nSPS) is 15.8. The minimum Gasteiger partial charge on any atom is -0.477 e. The third-order valence-electron chi connectivity index (χ3n) is 3.86. The summed E-state index contributed by atoms with van der Waals surface area (Å²) in [5.74, 6) is 1.19. The minimum absolute atomic E-state index is 0. The molecule has 0 saturated carbocycles. The number of halogens is 1. The smallest absolute Gasteiger partial charge is 0.229 e. The summed E-state index contributed by atoms with van der Waals surface area (Å²) in [7, 11) is 0. The number of aliphatic hydroxyl groups is 2. The van der Waals surface area contributed by atoms with Crippen LogP contribution in [0.5, 0.6) is 5.88 Å². The van der Waals surface area contributed by atoms with Crippen molar-refractivity contribution >= 4 is 29.3 Å². The van der Waals surface area contributed by atoms with Gasteiger partial charge < -0.3 is 25.2 Å². The molecule has 3 rings (SSSR count). The molecule has 132 valence electrons. The molecular weight excluding hydrogens is 332 g/mol. The molecule has 1 fully saturated rings. The largest absolute Gasteiger partial charge is 0.477 e. The van der Waals surface area contributed by atoms with Crippen LogP contribution in [-0.2, 0) is 0 Å². The van der Waals surface area contributed by atoms with E-state index in [2.05, 4.69) is 20.2 Å². The number of aliphatic hydroxyl groups excluding tert-OH is 2. The van der Waals surface area contributed by atoms with E-state index in [4.69, 9.17) is 9.84 Å². The number of ether oxygens (including phenoxy) is 1. The van der Waals surface area contributed by atoms with Gasteiger partial charge in [-0.25, -0.2) is 4.98 Å². The molecule has 7 nitrogen and oxygen atoms in total. The van der Waals surface area contributed by atoms with Crippen molar-refractivity contribution in [2.45, 2.75) is 12.5 Å². The van der Waals surface area contributed by atoms with E-state index in [1.54, 1.807) is 0 Å². The lowest BCUT2D eigenvalue weighted by Crippen LogP contribution is -2.44. The molecule has 8 heteroatoms. The molecule has 1 aromatic heterocycles. The standard InChI is InChI=1S/C16H22N4O3.ClH/c21-11-12(22)5-10-23-15-13-3-1-2-4-14(13)18-16(19-15)20-8-6-17-7-9-20;/h1-4,12,17,21-22H,5-11H2;1H/t12-;/m0./s1. The molecule has 2 heterocycles. The summed E-state index contributed by atoms with van der Waals surface area (Å²) in [5, 5.41) is 22.5. The lowest BCUT2D eigenvalue weighted by molar-refractivity contribution is 0.0750. The van der Waals surface area contributed by atoms with Crippen LogP contribution in [0, 0.1) is 0 Å². The highest BCUT2D eigenvalue weighted by atomic mass is 35.5. The summed E-state index contributed by atoms with van der Waals surface area (Å²) < 4.78 is 5.76. The molecule has 1 saturated heterocycles. The fraction of sp³-hybridized carbons (Fsp3) is 0.500. The van der Waals surface area contributed by atoms with Crippen LogP contribution in [0.25, 0.3) is 10.9 Å². The average Bonchev–Trinajstić information content (AvgIpc) is 2.62. The van der Waals surface area contributed by atoms with Gasteiger partial charge in [0.05, 0.1) is 30.2 Å². The average molecular weight is 355 g/mol. The lowest BCUT2D eigenvalue weighted by Gasteiger charge is -2.27. The van der Waals surface area contributed by atoms with Crippen LogP contribution in [0.15, 0.2) is 24.3 Å². The van der Waals surface area contributed by atoms with Gasteiger partial charge in [0, 0.05) is 32.6 Å². The van der Waals surface area contributed by atoms with Crippen molar-refractivity contribution in [1.82, 2.24) is 15.3 Å². The van der Waals surface area contributed by atoms with Crippen molar-refractivity contribution in [2.24, 2.45) is 0 Å². The topological polar surface area (TPSA) is 90.7 Å². The van der Waals surface area contributed by atoms with Gasteiger partial charge >= 0.3 is 0 Å². The SMILES string of the molecule is Cl.OC[C@@H](O)CCOc1nc(N2CCNCC2)nc2ccccc12. The van der Waals surface area contributed by atoms with Gasteiger partial charge in [-0.2, -0.15) is 4.98 Å². The minimum atomic E-state index is -0.768. The Balaban J connectivity index is 0.00000208. The van der Waals surface area contributed by atoms with Gasteiger partial charge in [-0.05, 0) is 12.1 Å². The van der Waals surface area contributed by atoms with Crippen molar-refractivity contribution < 1.29 is 14.9 Å². The Bertz CT molecular complexity index is 652. The van der Waals surface area contributed by atoms with E-state index in [9.17, 15) is 5.11 Å². The molecule has 0 bridgehead atoms. The number of hydrogen-bond acceptors (Lipinski definition) is 7. The molecule has 2 aromatic rings. The number of nitrogens with one attached hydrogen (secondary N) is 1. The molecule has 1 aliphatic rings. The molecule has 1 aromatic carbocycles. The Kier molecular flexibility index (Phi) is 6.99. The summed E-state index contributed by atoms with van der Waals surface area (Å²) in [5.41, 5.74) is 0.841. The number of fused-ring (bicyclic) bond motifs is 1. The first-order valence-electron chi connectivity index (χ1n) is 7.92. The molecule has 0 amide bonds. The molecule has 0 spiro atoms. The van der Waals surface area contributed by atoms with Crippen LogP contribution in [0.2, 0.25) is 0 Å². The van der Waals surface area contributed by atoms with E-state index in [-0.39, 0.29) is 19.0 Å². The second kappa shape index (κ2) is 8.98. The third kappa shape index (κ3) is 4.45. The maximum absolute atomic E-state index is 9.43. The number of nitrogens with zero attached hydrogens (tertiary/aromatic N) is 3. The molecular formula is C16H23ClN4O3. The summed E-state index contributed by atoms with van der Waals surface area (Å²) in [6.07, 6.45) is -0.409. The first kappa shape index (κ1) is 18.7. The second-order valence-electron chi connectivity index (χ2n) is 5.56. The first-order valence-corrected chi connectivity index (χ1v) is 7.92. The zero-order valence-electron chi connectivity index (χ0n) is 13.4. The number of para-hydroxylation sites is 1. The number of aromatic nitrogens is 2. The number of hydrogen-bond donors (Lipinski definition) is 3. The lowest BCUT2D eigenvalue weighted by atomic mass is 10.2. The maximum Gasteiger partial charge on any atom is 0.229 e. The van der Waals surface area contributed by atoms with Gasteiger partial charge in [0.25, 0.3) is 0 Å². The number of piperazine rings is 1. The predicted octanol–water partition coefficient (Wildman–Crippen LogP) is 0.583. The van der Waals surface area contributed by atoms with Crippen LogP contribution in [0.4, 0.5) is 5.95 Å². The highest BCUT2D eigenvalue weighted by molar-refractivity contribution is 5.85. The van der Waals surface area contributed by atoms with Crippen LogP contribution in [-0.4, -0.2) is 65.7 Å². The van der Waals surface area contributed by atoms with Crippen molar-refractivity contribution in [2.75, 3.05) is 44.3 Å². The van der Waals surface area contributed by atoms with Gasteiger partial charge in [-0.1, -0.05) is 12.1 Å². The first-order chi connectivity index (χ1) is 11.3. The van der Waals surface area contributed by atoms with Gasteiger partial charge in [-0.15, -0.1) is 12.4 Å². The molecule has 24 heavy (non-hydrogen) atoms. The summed E-state index contributed by atoms with van der Waals surface area (Å²) in [6, 6.07) is 7.73. The highest BCUT2D eigenvalue weighted by Crippen LogP contribution is 2.25. The highest BCUT2D eigenvalue weighted by Gasteiger charge is 2.16. The molecule has 0 aliphatic carbocycles. The molecule has 0 unspecified atom stereocenters. The zero-order valence-corrected chi connectivity index (χ0v) is 14.2. The van der Waals surface area contributed by atoms with Gasteiger partial charge in [0.15, 0.2) is 0 Å². The molecule has 1 atom stereocenters. The second-order valence-corrected chi connectivity index (χ2v) is 5.56. The predicted molar refractivity (Wildman–Crippen MR) is 95.1 cm³/mol. The molecule has 1 aliphatic heterocycles. The quantitative estimate of drug-likeness (QED) is 0.699. The van der Waals surface area contributed by atoms with Gasteiger partial charge in [0.2, 0.25) is 11.8 Å². The van der Waals surface area contributed by atoms with Crippen molar-refractivity contribution in [3.05, 3.63) is 24.3 Å². The third-order valence-corrected chi connectivity index (χ3v) is 3.86. The summed E-state index contributed by atoms with van der Waals surface area (Å²) >= 11 is 0. The Labute approximate surface area is 147 Å². The Hall–Kier alpha value is -1.67. The molecule has 0 radical (unpaired) electrons. The van der Waals surface area contributed by atoms with Crippen LogP contribution < -0.4 is 15.0 Å². The van der Waals surface area contributed by atoms with E-state index in [0.29, 0.717) is 24.9 Å². The fourth-order valence-corrected chi connectivity index (χ4v) is 2.53. The van der Waals surface area contributed by atoms with E-state index in [1.165, 1.54) is 0 Å². The van der Waals surface area contributed by atoms with E-state index in [0.717, 1.165) is 37.1 Å². The number of anilines is 1.